The first-order valence-electron chi connectivity index (χ1n) is 12.9. The number of nitrogens with one attached hydrogen (secondary N) is 2. The molecule has 2 saturated heterocycles. The number of amides is 2. The van der Waals surface area contributed by atoms with Crippen molar-refractivity contribution in [3.8, 4) is 0 Å². The van der Waals surface area contributed by atoms with Gasteiger partial charge in [-0.05, 0) is 62.9 Å². The van der Waals surface area contributed by atoms with Gasteiger partial charge >= 0.3 is 0 Å². The summed E-state index contributed by atoms with van der Waals surface area (Å²) in [5.41, 5.74) is 0.483. The second-order valence-electron chi connectivity index (χ2n) is 9.70. The van der Waals surface area contributed by atoms with Crippen LogP contribution in [-0.4, -0.2) is 73.0 Å². The van der Waals surface area contributed by atoms with Crippen LogP contribution in [0.5, 0.6) is 0 Å². The minimum atomic E-state index is -0.217. The summed E-state index contributed by atoms with van der Waals surface area (Å²) in [6, 6.07) is 4.71. The van der Waals surface area contributed by atoms with Crippen molar-refractivity contribution in [1.29, 1.82) is 0 Å². The maximum Gasteiger partial charge on any atom is 0.251 e. The Bertz CT molecular complexity index is 812. The fraction of sp³-hybridized carbons (Fsp3) is 0.692. The van der Waals surface area contributed by atoms with E-state index in [-0.39, 0.29) is 23.9 Å². The van der Waals surface area contributed by atoms with Gasteiger partial charge in [0.05, 0.1) is 16.1 Å². The van der Waals surface area contributed by atoms with Crippen molar-refractivity contribution < 1.29 is 9.59 Å². The average Bonchev–Trinajstić information content (AvgIpc) is 3.00. The Morgan fingerprint density at radius 2 is 1.85 bits per heavy atom. The monoisotopic (exact) mass is 510 g/mol. The second-order valence-corrected chi connectivity index (χ2v) is 10.5. The highest BCUT2D eigenvalue weighted by Crippen LogP contribution is 2.22. The highest BCUT2D eigenvalue weighted by atomic mass is 35.5. The van der Waals surface area contributed by atoms with Crippen LogP contribution in [0.4, 0.5) is 0 Å². The predicted molar refractivity (Wildman–Crippen MR) is 140 cm³/mol. The molecule has 2 aliphatic heterocycles. The van der Waals surface area contributed by atoms with E-state index >= 15 is 0 Å². The largest absolute Gasteiger partial charge is 0.350 e. The molecule has 0 aliphatic carbocycles. The standard InChI is InChI=1S/C26H40Cl2N4O2/c1-3-19(4-2)18-32-15-10-21(17-29-25(33)20-8-9-22(27)23(28)16-20)30-24(26(32)34)11-14-31-12-6-5-7-13-31/h8-9,16,19,21,24,30H,3-7,10-15,17-18H2,1-2H3,(H,29,33). The van der Waals surface area contributed by atoms with Crippen LogP contribution < -0.4 is 10.6 Å². The molecular weight excluding hydrogens is 471 g/mol. The molecule has 2 aliphatic rings. The van der Waals surface area contributed by atoms with Crippen LogP contribution in [0.1, 0.15) is 69.2 Å². The Morgan fingerprint density at radius 3 is 2.53 bits per heavy atom. The van der Waals surface area contributed by atoms with E-state index in [0.29, 0.717) is 28.1 Å². The summed E-state index contributed by atoms with van der Waals surface area (Å²) >= 11 is 12.0. The Morgan fingerprint density at radius 1 is 1.12 bits per heavy atom. The molecule has 190 valence electrons. The number of rotatable bonds is 10. The number of nitrogens with zero attached hydrogens (tertiary/aromatic N) is 2. The smallest absolute Gasteiger partial charge is 0.251 e. The molecule has 0 radical (unpaired) electrons. The fourth-order valence-electron chi connectivity index (χ4n) is 4.94. The Hall–Kier alpha value is -1.34. The topological polar surface area (TPSA) is 64.7 Å². The van der Waals surface area contributed by atoms with Crippen molar-refractivity contribution in [2.75, 3.05) is 39.3 Å². The first-order valence-corrected chi connectivity index (χ1v) is 13.7. The molecule has 2 fully saturated rings. The van der Waals surface area contributed by atoms with Gasteiger partial charge < -0.3 is 20.4 Å². The fourth-order valence-corrected chi connectivity index (χ4v) is 5.24. The highest BCUT2D eigenvalue weighted by Gasteiger charge is 2.32. The maximum atomic E-state index is 13.5. The Balaban J connectivity index is 1.63. The van der Waals surface area contributed by atoms with Crippen molar-refractivity contribution in [3.63, 3.8) is 0 Å². The van der Waals surface area contributed by atoms with E-state index in [0.717, 1.165) is 58.4 Å². The van der Waals surface area contributed by atoms with Gasteiger partial charge in [0.25, 0.3) is 5.91 Å². The average molecular weight is 512 g/mol. The first kappa shape index (κ1) is 27.3. The van der Waals surface area contributed by atoms with Gasteiger partial charge in [0, 0.05) is 37.8 Å². The van der Waals surface area contributed by atoms with Crippen molar-refractivity contribution in [1.82, 2.24) is 20.4 Å². The van der Waals surface area contributed by atoms with Gasteiger partial charge in [-0.15, -0.1) is 0 Å². The third-order valence-corrected chi connectivity index (χ3v) is 8.04. The number of hydrogen-bond donors (Lipinski definition) is 2. The Kier molecular flexibility index (Phi) is 11.0. The number of halogens is 2. The number of benzene rings is 1. The van der Waals surface area contributed by atoms with E-state index in [1.54, 1.807) is 18.2 Å². The van der Waals surface area contributed by atoms with E-state index in [2.05, 4.69) is 34.3 Å². The summed E-state index contributed by atoms with van der Waals surface area (Å²) in [5, 5.41) is 7.40. The van der Waals surface area contributed by atoms with Gasteiger partial charge in [0.15, 0.2) is 0 Å². The van der Waals surface area contributed by atoms with Gasteiger partial charge in [-0.25, -0.2) is 0 Å². The molecule has 1 aromatic rings. The van der Waals surface area contributed by atoms with Crippen LogP contribution in [0.3, 0.4) is 0 Å². The molecule has 2 amide bonds. The summed E-state index contributed by atoms with van der Waals surface area (Å²) in [6.07, 6.45) is 7.57. The molecule has 2 unspecified atom stereocenters. The van der Waals surface area contributed by atoms with Crippen LogP contribution in [0.2, 0.25) is 10.0 Å². The van der Waals surface area contributed by atoms with Gasteiger partial charge in [-0.3, -0.25) is 9.59 Å². The third kappa shape index (κ3) is 7.84. The number of likely N-dealkylation sites (tertiary alicyclic amines) is 1. The molecule has 3 rings (SSSR count). The summed E-state index contributed by atoms with van der Waals surface area (Å²) < 4.78 is 0. The zero-order chi connectivity index (χ0) is 24.5. The van der Waals surface area contributed by atoms with Crippen molar-refractivity contribution >= 4 is 35.0 Å². The highest BCUT2D eigenvalue weighted by molar-refractivity contribution is 6.42. The van der Waals surface area contributed by atoms with Crippen LogP contribution in [0, 0.1) is 5.92 Å². The molecule has 6 nitrogen and oxygen atoms in total. The quantitative estimate of drug-likeness (QED) is 0.482. The SMILES string of the molecule is CCC(CC)CN1CCC(CNC(=O)c2ccc(Cl)c(Cl)c2)NC(CCN2CCCCC2)C1=O. The lowest BCUT2D eigenvalue weighted by atomic mass is 10.0. The minimum absolute atomic E-state index is 0.0359. The molecule has 8 heteroatoms. The second kappa shape index (κ2) is 13.7. The van der Waals surface area contributed by atoms with Crippen molar-refractivity contribution in [2.45, 2.75) is 70.9 Å². The lowest BCUT2D eigenvalue weighted by Crippen LogP contribution is -2.50. The molecule has 0 aromatic heterocycles. The summed E-state index contributed by atoms with van der Waals surface area (Å²) in [4.78, 5) is 30.7. The minimum Gasteiger partial charge on any atom is -0.350 e. The van der Waals surface area contributed by atoms with E-state index in [9.17, 15) is 9.59 Å². The number of carbonyl (C=O) groups excluding carboxylic acids is 2. The summed E-state index contributed by atoms with van der Waals surface area (Å²) in [5.74, 6) is 0.550. The lowest BCUT2D eigenvalue weighted by Gasteiger charge is -2.30. The lowest BCUT2D eigenvalue weighted by molar-refractivity contribution is -0.133. The molecule has 2 N–H and O–H groups in total. The number of hydrogen-bond acceptors (Lipinski definition) is 4. The van der Waals surface area contributed by atoms with Crippen molar-refractivity contribution in [3.05, 3.63) is 33.8 Å². The normalized spacial score (nSPS) is 22.1. The van der Waals surface area contributed by atoms with E-state index < -0.39 is 0 Å². The molecule has 2 heterocycles. The molecule has 0 saturated carbocycles. The molecule has 1 aromatic carbocycles. The zero-order valence-corrected chi connectivity index (χ0v) is 22.1. The van der Waals surface area contributed by atoms with E-state index in [1.807, 2.05) is 0 Å². The summed E-state index contributed by atoms with van der Waals surface area (Å²) in [7, 11) is 0. The van der Waals surface area contributed by atoms with Gasteiger partial charge in [-0.2, -0.15) is 0 Å². The molecule has 0 spiro atoms. The zero-order valence-electron chi connectivity index (χ0n) is 20.6. The van der Waals surface area contributed by atoms with Crippen molar-refractivity contribution in [2.24, 2.45) is 5.92 Å². The summed E-state index contributed by atoms with van der Waals surface area (Å²) in [6.45, 7) is 9.58. The maximum absolute atomic E-state index is 13.5. The van der Waals surface area contributed by atoms with E-state index in [1.165, 1.54) is 19.3 Å². The molecule has 2 atom stereocenters. The van der Waals surface area contributed by atoms with Crippen LogP contribution in [-0.2, 0) is 4.79 Å². The first-order chi connectivity index (χ1) is 16.4. The predicted octanol–water partition coefficient (Wildman–Crippen LogP) is 4.59. The van der Waals surface area contributed by atoms with Gasteiger partial charge in [0.2, 0.25) is 5.91 Å². The molecule has 0 bridgehead atoms. The van der Waals surface area contributed by atoms with E-state index in [4.69, 9.17) is 23.2 Å². The van der Waals surface area contributed by atoms with Crippen LogP contribution >= 0.6 is 23.2 Å². The number of piperidine rings is 1. The third-order valence-electron chi connectivity index (χ3n) is 7.30. The van der Waals surface area contributed by atoms with Gasteiger partial charge in [0.1, 0.15) is 0 Å². The van der Waals surface area contributed by atoms with Crippen LogP contribution in [0.25, 0.3) is 0 Å². The molecule has 34 heavy (non-hydrogen) atoms. The Labute approximate surface area is 214 Å². The number of carbonyl (C=O) groups is 2. The van der Waals surface area contributed by atoms with Gasteiger partial charge in [-0.1, -0.05) is 56.3 Å². The molecular formula is C26H40Cl2N4O2. The van der Waals surface area contributed by atoms with Crippen LogP contribution in [0.15, 0.2) is 18.2 Å².